The number of hydrogen-bond acceptors (Lipinski definition) is 8. The van der Waals surface area contributed by atoms with E-state index in [9.17, 15) is 9.90 Å². The van der Waals surface area contributed by atoms with E-state index in [4.69, 9.17) is 4.74 Å². The zero-order chi connectivity index (χ0) is 19.6. The first-order valence-corrected chi connectivity index (χ1v) is 9.10. The van der Waals surface area contributed by atoms with Gasteiger partial charge >= 0.3 is 0 Å². The number of benzene rings is 1. The third-order valence-electron chi connectivity index (χ3n) is 4.33. The largest absolute Gasteiger partial charge is 0.550 e. The topological polar surface area (TPSA) is 99.5 Å². The van der Waals surface area contributed by atoms with E-state index in [2.05, 4.69) is 27.4 Å². The molecule has 140 valence electrons. The minimum absolute atomic E-state index is 0.225. The monoisotopic (exact) mass is 383 g/mol. The maximum absolute atomic E-state index is 11.0. The molecule has 0 aliphatic carbocycles. The van der Waals surface area contributed by atoms with Gasteiger partial charge < -0.3 is 14.6 Å². The summed E-state index contributed by atoms with van der Waals surface area (Å²) in [5.74, 6) is -0.0138. The van der Waals surface area contributed by atoms with Gasteiger partial charge in [0.15, 0.2) is 5.82 Å². The molecule has 0 aliphatic heterocycles. The predicted octanol–water partition coefficient (Wildman–Crippen LogP) is 2.45. The highest BCUT2D eigenvalue weighted by Gasteiger charge is 2.12. The van der Waals surface area contributed by atoms with Crippen LogP contribution in [0.1, 0.15) is 28.5 Å². The number of nitrogens with one attached hydrogen (secondary N) is 1. The van der Waals surface area contributed by atoms with E-state index in [1.807, 2.05) is 19.9 Å². The molecule has 3 aromatic rings. The Bertz CT molecular complexity index is 1040. The number of aromatic nitrogens is 2. The molecule has 27 heavy (non-hydrogen) atoms. The van der Waals surface area contributed by atoms with Crippen LogP contribution in [0.3, 0.4) is 0 Å². The number of hydrogen-bond donors (Lipinski definition) is 1. The van der Waals surface area contributed by atoms with Crippen molar-refractivity contribution in [3.8, 4) is 5.75 Å². The lowest BCUT2D eigenvalue weighted by Crippen LogP contribution is -2.24. The highest BCUT2D eigenvalue weighted by atomic mass is 32.1. The summed E-state index contributed by atoms with van der Waals surface area (Å²) in [5.41, 5.74) is 6.15. The van der Waals surface area contributed by atoms with Crippen LogP contribution < -0.4 is 15.3 Å². The second-order valence-electron chi connectivity index (χ2n) is 6.07. The summed E-state index contributed by atoms with van der Waals surface area (Å²) in [5, 5.41) is 16.3. The van der Waals surface area contributed by atoms with Crippen molar-refractivity contribution < 1.29 is 14.6 Å². The lowest BCUT2D eigenvalue weighted by atomic mass is 10.0. The highest BCUT2D eigenvalue weighted by molar-refractivity contribution is 7.18. The Morgan fingerprint density at radius 3 is 2.81 bits per heavy atom. The minimum atomic E-state index is -1.16. The number of carbonyl (C=O) groups excluding carboxylic acids is 1. The lowest BCUT2D eigenvalue weighted by Gasteiger charge is -2.11. The van der Waals surface area contributed by atoms with Gasteiger partial charge in [-0.25, -0.2) is 9.97 Å². The van der Waals surface area contributed by atoms with Crippen LogP contribution in [0.5, 0.6) is 5.75 Å². The van der Waals surface area contributed by atoms with Crippen molar-refractivity contribution in [1.82, 2.24) is 9.97 Å². The summed E-state index contributed by atoms with van der Waals surface area (Å²) in [6, 6.07) is 5.29. The molecule has 1 N–H and O–H groups in total. The van der Waals surface area contributed by atoms with Crippen LogP contribution in [0.2, 0.25) is 0 Å². The van der Waals surface area contributed by atoms with Crippen molar-refractivity contribution in [2.45, 2.75) is 27.2 Å². The first-order valence-electron chi connectivity index (χ1n) is 8.28. The van der Waals surface area contributed by atoms with Crippen LogP contribution in [-0.4, -0.2) is 28.8 Å². The average Bonchev–Trinajstić information content (AvgIpc) is 2.94. The van der Waals surface area contributed by atoms with E-state index in [0.717, 1.165) is 21.3 Å². The van der Waals surface area contributed by atoms with Gasteiger partial charge in [-0.2, -0.15) is 5.10 Å². The fourth-order valence-electron chi connectivity index (χ4n) is 2.77. The number of methoxy groups -OCH3 is 1. The van der Waals surface area contributed by atoms with Crippen LogP contribution in [0.15, 0.2) is 29.6 Å². The number of rotatable bonds is 6. The van der Waals surface area contributed by atoms with E-state index >= 15 is 0 Å². The van der Waals surface area contributed by atoms with Crippen molar-refractivity contribution in [1.29, 1.82) is 0 Å². The third-order valence-corrected chi connectivity index (χ3v) is 5.44. The van der Waals surface area contributed by atoms with E-state index < -0.39 is 5.97 Å². The standard InChI is InChI=1S/C19H20N4O3S/c1-10-12(3)27-19-17(10)18(20-9-21-19)23-22-11(2)13-5-6-15(26-4)14(7-13)8-16(24)25/h5-7,9H,8H2,1-4H3,(H,24,25)(H,20,21,23)/p-1/b22-11-. The summed E-state index contributed by atoms with van der Waals surface area (Å²) < 4.78 is 5.21. The summed E-state index contributed by atoms with van der Waals surface area (Å²) in [7, 11) is 1.50. The maximum atomic E-state index is 11.0. The third kappa shape index (κ3) is 3.90. The Hall–Kier alpha value is -3.00. The molecular weight excluding hydrogens is 364 g/mol. The first-order chi connectivity index (χ1) is 12.9. The quantitative estimate of drug-likeness (QED) is 0.518. The van der Waals surface area contributed by atoms with Gasteiger partial charge in [0.05, 0.1) is 18.2 Å². The molecule has 7 nitrogen and oxygen atoms in total. The Labute approximate surface area is 160 Å². The molecule has 0 amide bonds. The minimum Gasteiger partial charge on any atom is -0.550 e. The predicted molar refractivity (Wildman–Crippen MR) is 104 cm³/mol. The fraction of sp³-hybridized carbons (Fsp3) is 0.263. The van der Waals surface area contributed by atoms with Gasteiger partial charge in [0, 0.05) is 22.8 Å². The fourth-order valence-corrected chi connectivity index (χ4v) is 3.76. The molecule has 1 aromatic carbocycles. The van der Waals surface area contributed by atoms with Crippen LogP contribution in [0, 0.1) is 13.8 Å². The summed E-state index contributed by atoms with van der Waals surface area (Å²) in [6.45, 7) is 5.92. The molecule has 8 heteroatoms. The summed E-state index contributed by atoms with van der Waals surface area (Å²) >= 11 is 1.62. The van der Waals surface area contributed by atoms with Crippen molar-refractivity contribution in [3.05, 3.63) is 46.1 Å². The molecule has 0 unspecified atom stereocenters. The molecule has 0 spiro atoms. The lowest BCUT2D eigenvalue weighted by molar-refractivity contribution is -0.304. The highest BCUT2D eigenvalue weighted by Crippen LogP contribution is 2.32. The molecular formula is C19H19N4O3S-. The number of anilines is 1. The van der Waals surface area contributed by atoms with Crippen molar-refractivity contribution in [2.75, 3.05) is 12.5 Å². The number of carboxylic acids is 1. The number of carboxylic acid groups (broad SMARTS) is 1. The molecule has 0 aliphatic rings. The number of aliphatic carboxylic acids is 1. The molecule has 2 heterocycles. The maximum Gasteiger partial charge on any atom is 0.158 e. The van der Waals surface area contributed by atoms with Crippen molar-refractivity contribution in [2.24, 2.45) is 5.10 Å². The number of hydrazone groups is 1. The zero-order valence-electron chi connectivity index (χ0n) is 15.5. The number of thiophene rings is 1. The van der Waals surface area contributed by atoms with Gasteiger partial charge in [-0.1, -0.05) is 0 Å². The number of carbonyl (C=O) groups is 1. The van der Waals surface area contributed by atoms with Gasteiger partial charge in [-0.05, 0) is 50.1 Å². The smallest absolute Gasteiger partial charge is 0.158 e. The van der Waals surface area contributed by atoms with Gasteiger partial charge in [0.2, 0.25) is 0 Å². The first kappa shape index (κ1) is 18.8. The summed E-state index contributed by atoms with van der Waals surface area (Å²) in [4.78, 5) is 21.7. The molecule has 3 rings (SSSR count). The second-order valence-corrected chi connectivity index (χ2v) is 7.27. The van der Waals surface area contributed by atoms with Gasteiger partial charge in [-0.3, -0.25) is 5.43 Å². The SMILES string of the molecule is COc1ccc(/C(C)=N\Nc2ncnc3sc(C)c(C)c23)cc1CC(=O)[O-]. The molecule has 0 fully saturated rings. The molecule has 0 bridgehead atoms. The van der Waals surface area contributed by atoms with Crippen LogP contribution in [0.4, 0.5) is 5.82 Å². The molecule has 0 atom stereocenters. The van der Waals surface area contributed by atoms with E-state index in [1.54, 1.807) is 23.5 Å². The Balaban J connectivity index is 1.92. The van der Waals surface area contributed by atoms with Crippen LogP contribution >= 0.6 is 11.3 Å². The summed E-state index contributed by atoms with van der Waals surface area (Å²) in [6.07, 6.45) is 1.29. The Morgan fingerprint density at radius 1 is 1.33 bits per heavy atom. The zero-order valence-corrected chi connectivity index (χ0v) is 16.3. The van der Waals surface area contributed by atoms with Gasteiger partial charge in [-0.15, -0.1) is 11.3 Å². The van der Waals surface area contributed by atoms with E-state index in [1.165, 1.54) is 18.3 Å². The molecule has 0 saturated carbocycles. The number of ether oxygens (including phenoxy) is 1. The number of aryl methyl sites for hydroxylation is 2. The van der Waals surface area contributed by atoms with E-state index in [-0.39, 0.29) is 6.42 Å². The molecule has 2 aromatic heterocycles. The Morgan fingerprint density at radius 2 is 2.11 bits per heavy atom. The molecule has 0 saturated heterocycles. The van der Waals surface area contributed by atoms with Crippen LogP contribution in [-0.2, 0) is 11.2 Å². The second kappa shape index (κ2) is 7.71. The normalized spacial score (nSPS) is 11.6. The number of nitrogens with zero attached hydrogens (tertiary/aromatic N) is 3. The Kier molecular flexibility index (Phi) is 5.36. The van der Waals surface area contributed by atoms with Crippen molar-refractivity contribution >= 4 is 39.1 Å². The number of fused-ring (bicyclic) bond motifs is 1. The van der Waals surface area contributed by atoms with Crippen molar-refractivity contribution in [3.63, 3.8) is 0 Å². The van der Waals surface area contributed by atoms with E-state index in [0.29, 0.717) is 22.8 Å². The van der Waals surface area contributed by atoms with Crippen LogP contribution in [0.25, 0.3) is 10.2 Å². The average molecular weight is 383 g/mol. The van der Waals surface area contributed by atoms with Gasteiger partial charge in [0.1, 0.15) is 16.9 Å². The molecule has 0 radical (unpaired) electrons. The van der Waals surface area contributed by atoms with Gasteiger partial charge in [0.25, 0.3) is 0 Å².